The van der Waals surface area contributed by atoms with Crippen molar-refractivity contribution in [3.8, 4) is 5.69 Å². The molecule has 0 unspecified atom stereocenters. The van der Waals surface area contributed by atoms with Gasteiger partial charge in [0.05, 0.1) is 32.4 Å². The van der Waals surface area contributed by atoms with Crippen LogP contribution in [-0.4, -0.2) is 46.3 Å². The largest absolute Gasteiger partial charge is 0.320 e. The van der Waals surface area contributed by atoms with Crippen LogP contribution in [0.5, 0.6) is 0 Å². The van der Waals surface area contributed by atoms with E-state index in [0.29, 0.717) is 46.6 Å². The predicted molar refractivity (Wildman–Crippen MR) is 156 cm³/mol. The van der Waals surface area contributed by atoms with Gasteiger partial charge in [-0.15, -0.1) is 0 Å². The number of para-hydroxylation sites is 1. The Bertz CT molecular complexity index is 1640. The van der Waals surface area contributed by atoms with Crippen LogP contribution in [-0.2, 0) is 10.0 Å². The first-order chi connectivity index (χ1) is 18.6. The van der Waals surface area contributed by atoms with Gasteiger partial charge in [-0.05, 0) is 67.2 Å². The minimum atomic E-state index is -3.70. The summed E-state index contributed by atoms with van der Waals surface area (Å²) in [4.78, 5) is 7.13. The number of aryl methyl sites for hydroxylation is 1. The van der Waals surface area contributed by atoms with E-state index >= 15 is 0 Å². The van der Waals surface area contributed by atoms with Gasteiger partial charge >= 0.3 is 0 Å². The molecule has 202 valence electrons. The molecule has 0 aliphatic carbocycles. The van der Waals surface area contributed by atoms with Crippen molar-refractivity contribution in [2.24, 2.45) is 16.8 Å². The molecule has 0 spiro atoms. The molecule has 3 aliphatic heterocycles. The number of piperidine rings is 1. The molecule has 3 atom stereocenters. The van der Waals surface area contributed by atoms with E-state index in [4.69, 9.17) is 33.3 Å². The van der Waals surface area contributed by atoms with Crippen LogP contribution >= 0.6 is 23.2 Å². The topological polar surface area (TPSA) is 70.8 Å². The monoisotopic (exact) mass is 581 g/mol. The van der Waals surface area contributed by atoms with Gasteiger partial charge in [-0.2, -0.15) is 9.40 Å². The van der Waals surface area contributed by atoms with Crippen molar-refractivity contribution in [1.29, 1.82) is 0 Å². The van der Waals surface area contributed by atoms with Crippen LogP contribution in [0.25, 0.3) is 5.69 Å². The van der Waals surface area contributed by atoms with Crippen molar-refractivity contribution in [3.63, 3.8) is 0 Å². The maximum absolute atomic E-state index is 13.8. The van der Waals surface area contributed by atoms with E-state index in [2.05, 4.69) is 13.8 Å². The first-order valence-corrected chi connectivity index (χ1v) is 15.2. The van der Waals surface area contributed by atoms with Crippen LogP contribution in [0.1, 0.15) is 43.1 Å². The predicted octanol–water partition coefficient (Wildman–Crippen LogP) is 6.64. The average Bonchev–Trinajstić information content (AvgIpc) is 3.24. The van der Waals surface area contributed by atoms with Gasteiger partial charge in [-0.25, -0.2) is 18.1 Å². The number of nitrogens with zero attached hydrogens (tertiary/aromatic N) is 5. The van der Waals surface area contributed by atoms with Gasteiger partial charge in [-0.1, -0.05) is 61.3 Å². The molecule has 10 heteroatoms. The summed E-state index contributed by atoms with van der Waals surface area (Å²) < 4.78 is 31.1. The molecule has 1 fully saturated rings. The molecule has 2 aromatic carbocycles. The molecule has 7 nitrogen and oxygen atoms in total. The first-order valence-electron chi connectivity index (χ1n) is 13.0. The van der Waals surface area contributed by atoms with E-state index in [-0.39, 0.29) is 4.91 Å². The number of halogens is 2. The van der Waals surface area contributed by atoms with Crippen LogP contribution in [0.15, 0.2) is 76.8 Å². The molecule has 0 N–H and O–H groups in total. The summed E-state index contributed by atoms with van der Waals surface area (Å²) >= 11 is 12.7. The van der Waals surface area contributed by atoms with Crippen LogP contribution in [0.2, 0.25) is 10.0 Å². The first kappa shape index (κ1) is 26.3. The van der Waals surface area contributed by atoms with E-state index in [9.17, 15) is 8.42 Å². The summed E-state index contributed by atoms with van der Waals surface area (Å²) in [6.07, 6.45) is 6.15. The summed E-state index contributed by atoms with van der Waals surface area (Å²) in [5.41, 5.74) is 3.42. The fourth-order valence-electron chi connectivity index (χ4n) is 5.86. The van der Waals surface area contributed by atoms with Crippen molar-refractivity contribution in [2.45, 2.75) is 33.2 Å². The Morgan fingerprint density at radius 3 is 2.36 bits per heavy atom. The number of allylic oxidation sites excluding steroid dienone is 1. The SMILES string of the molecule is Cc1nn(-c2ccccc2)c2c1[C@@H](c1ccc(Cl)c(Cl)c1)N1C=C(S(=O)(=O)N3C[C@H](C)C[C@H](C)C3)C=CC1=N2. The van der Waals surface area contributed by atoms with Crippen LogP contribution in [0, 0.1) is 18.8 Å². The van der Waals surface area contributed by atoms with E-state index in [1.807, 2.05) is 59.0 Å². The van der Waals surface area contributed by atoms with Crippen molar-refractivity contribution in [2.75, 3.05) is 13.1 Å². The number of fused-ring (bicyclic) bond motifs is 2. The Morgan fingerprint density at radius 2 is 1.67 bits per heavy atom. The van der Waals surface area contributed by atoms with Gasteiger partial charge < -0.3 is 4.90 Å². The Kier molecular flexibility index (Phi) is 6.70. The zero-order valence-electron chi connectivity index (χ0n) is 21.9. The summed E-state index contributed by atoms with van der Waals surface area (Å²) in [7, 11) is -3.70. The Labute approximate surface area is 239 Å². The van der Waals surface area contributed by atoms with E-state index in [0.717, 1.165) is 28.9 Å². The van der Waals surface area contributed by atoms with Crippen molar-refractivity contribution in [1.82, 2.24) is 19.0 Å². The smallest absolute Gasteiger partial charge is 0.244 e. The fraction of sp³-hybridized carbons (Fsp3) is 0.310. The Hall–Kier alpha value is -2.91. The maximum atomic E-state index is 13.8. The highest BCUT2D eigenvalue weighted by molar-refractivity contribution is 7.93. The third-order valence-electron chi connectivity index (χ3n) is 7.51. The van der Waals surface area contributed by atoms with E-state index in [1.54, 1.807) is 28.7 Å². The lowest BCUT2D eigenvalue weighted by Gasteiger charge is -2.38. The number of hydrogen-bond acceptors (Lipinski definition) is 5. The molecule has 39 heavy (non-hydrogen) atoms. The number of rotatable bonds is 4. The zero-order chi connectivity index (χ0) is 27.5. The third kappa shape index (κ3) is 4.63. The van der Waals surface area contributed by atoms with Gasteiger partial charge in [0.15, 0.2) is 5.82 Å². The molecule has 1 aromatic heterocycles. The number of sulfonamides is 1. The van der Waals surface area contributed by atoms with Gasteiger partial charge in [0.25, 0.3) is 0 Å². The number of hydrogen-bond donors (Lipinski definition) is 0. The second-order valence-electron chi connectivity index (χ2n) is 10.7. The highest BCUT2D eigenvalue weighted by Crippen LogP contribution is 2.45. The zero-order valence-corrected chi connectivity index (χ0v) is 24.2. The lowest BCUT2D eigenvalue weighted by atomic mass is 9.94. The fourth-order valence-corrected chi connectivity index (χ4v) is 7.85. The molecule has 0 saturated carbocycles. The highest BCUT2D eigenvalue weighted by Gasteiger charge is 2.39. The average molecular weight is 583 g/mol. The summed E-state index contributed by atoms with van der Waals surface area (Å²) in [5.74, 6) is 1.93. The van der Waals surface area contributed by atoms with Gasteiger partial charge in [0.1, 0.15) is 5.84 Å². The Balaban J connectivity index is 1.50. The summed E-state index contributed by atoms with van der Waals surface area (Å²) in [6, 6.07) is 14.9. The standard InChI is InChI=1S/C29H29Cl2N5O2S/c1-18-13-19(2)16-34(15-18)39(37,38)23-10-12-26-32-29-27(20(3)33-36(29)22-7-5-4-6-8-22)28(35(26)17-23)21-9-11-24(30)25(31)14-21/h4-12,14,17-19,28H,13,15-16H2,1-3H3/t18-,19+,28-/m1/s1. The molecule has 4 heterocycles. The van der Waals surface area contributed by atoms with E-state index < -0.39 is 16.1 Å². The molecule has 1 saturated heterocycles. The third-order valence-corrected chi connectivity index (χ3v) is 10.1. The molecule has 6 rings (SSSR count). The van der Waals surface area contributed by atoms with E-state index in [1.165, 1.54) is 0 Å². The van der Waals surface area contributed by atoms with Gasteiger partial charge in [0.2, 0.25) is 10.0 Å². The second-order valence-corrected chi connectivity index (χ2v) is 13.4. The number of aromatic nitrogens is 2. The van der Waals surface area contributed by atoms with Gasteiger partial charge in [-0.3, -0.25) is 0 Å². The molecular formula is C29H29Cl2N5O2S. The summed E-state index contributed by atoms with van der Waals surface area (Å²) in [6.45, 7) is 7.19. The number of amidine groups is 1. The Morgan fingerprint density at radius 1 is 0.949 bits per heavy atom. The van der Waals surface area contributed by atoms with Crippen LogP contribution in [0.3, 0.4) is 0 Å². The lowest BCUT2D eigenvalue weighted by molar-refractivity contribution is 0.224. The van der Waals surface area contributed by atoms with Crippen molar-refractivity contribution in [3.05, 3.63) is 98.7 Å². The second kappa shape index (κ2) is 9.93. The minimum Gasteiger partial charge on any atom is -0.320 e. The summed E-state index contributed by atoms with van der Waals surface area (Å²) in [5, 5.41) is 5.72. The molecular weight excluding hydrogens is 553 g/mol. The molecule has 3 aliphatic rings. The maximum Gasteiger partial charge on any atom is 0.244 e. The van der Waals surface area contributed by atoms with Crippen LogP contribution < -0.4 is 0 Å². The number of benzene rings is 2. The minimum absolute atomic E-state index is 0.240. The normalized spacial score (nSPS) is 23.2. The molecule has 3 aromatic rings. The number of aliphatic imine (C=N–C) groups is 1. The molecule has 0 amide bonds. The lowest BCUT2D eigenvalue weighted by Crippen LogP contribution is -2.44. The van der Waals surface area contributed by atoms with Crippen LogP contribution in [0.4, 0.5) is 5.82 Å². The van der Waals surface area contributed by atoms with Crippen molar-refractivity contribution >= 4 is 44.9 Å². The van der Waals surface area contributed by atoms with Gasteiger partial charge in [0, 0.05) is 24.9 Å². The quantitative estimate of drug-likeness (QED) is 0.346. The highest BCUT2D eigenvalue weighted by atomic mass is 35.5. The molecule has 0 bridgehead atoms. The molecule has 0 radical (unpaired) electrons. The van der Waals surface area contributed by atoms with Crippen molar-refractivity contribution < 1.29 is 8.42 Å².